The van der Waals surface area contributed by atoms with Gasteiger partial charge in [-0.25, -0.2) is 4.39 Å². The predicted octanol–water partition coefficient (Wildman–Crippen LogP) is 1.85. The molecule has 96 valence electrons. The summed E-state index contributed by atoms with van der Waals surface area (Å²) >= 11 is 0. The molecule has 1 aromatic heterocycles. The van der Waals surface area contributed by atoms with Crippen molar-refractivity contribution in [3.8, 4) is 0 Å². The van der Waals surface area contributed by atoms with E-state index in [9.17, 15) is 14.0 Å². The number of benzene rings is 1. The number of aromatic nitrogens is 1. The zero-order chi connectivity index (χ0) is 13.6. The summed E-state index contributed by atoms with van der Waals surface area (Å²) < 4.78 is 18.2. The molecule has 2 heterocycles. The van der Waals surface area contributed by atoms with Gasteiger partial charge < -0.3 is 4.52 Å². The van der Waals surface area contributed by atoms with Gasteiger partial charge in [0.25, 0.3) is 11.7 Å². The van der Waals surface area contributed by atoms with Gasteiger partial charge in [0.15, 0.2) is 0 Å². The molecule has 19 heavy (non-hydrogen) atoms. The van der Waals surface area contributed by atoms with Gasteiger partial charge in [-0.3, -0.25) is 14.5 Å². The lowest BCUT2D eigenvalue weighted by Gasteiger charge is -2.14. The van der Waals surface area contributed by atoms with Crippen molar-refractivity contribution >= 4 is 17.4 Å². The number of hydrogen-bond donors (Lipinski definition) is 0. The highest BCUT2D eigenvalue weighted by molar-refractivity contribution is 6.52. The van der Waals surface area contributed by atoms with Crippen molar-refractivity contribution in [2.45, 2.75) is 13.5 Å². The van der Waals surface area contributed by atoms with E-state index in [0.717, 1.165) is 6.07 Å². The van der Waals surface area contributed by atoms with Crippen molar-refractivity contribution in [2.75, 3.05) is 4.90 Å². The highest BCUT2D eigenvalue weighted by Crippen LogP contribution is 2.30. The van der Waals surface area contributed by atoms with Crippen molar-refractivity contribution in [3.05, 3.63) is 47.1 Å². The van der Waals surface area contributed by atoms with Gasteiger partial charge in [0, 0.05) is 6.07 Å². The van der Waals surface area contributed by atoms with Crippen LogP contribution in [-0.4, -0.2) is 16.8 Å². The van der Waals surface area contributed by atoms with Crippen LogP contribution in [-0.2, 0) is 11.3 Å². The Labute approximate surface area is 107 Å². The topological polar surface area (TPSA) is 63.4 Å². The number of carbonyl (C=O) groups is 2. The zero-order valence-electron chi connectivity index (χ0n) is 10.0. The van der Waals surface area contributed by atoms with E-state index in [-0.39, 0.29) is 17.8 Å². The molecule has 0 atom stereocenters. The molecule has 6 heteroatoms. The van der Waals surface area contributed by atoms with Crippen LogP contribution in [0.25, 0.3) is 0 Å². The Morgan fingerprint density at radius 3 is 2.79 bits per heavy atom. The third-order valence-corrected chi connectivity index (χ3v) is 2.93. The number of rotatable bonds is 2. The first-order chi connectivity index (χ1) is 9.06. The lowest BCUT2D eigenvalue weighted by Crippen LogP contribution is -2.29. The number of carbonyl (C=O) groups excluding carboxylic acids is 2. The van der Waals surface area contributed by atoms with E-state index in [2.05, 4.69) is 5.16 Å². The fourth-order valence-electron chi connectivity index (χ4n) is 2.08. The van der Waals surface area contributed by atoms with Crippen LogP contribution in [0.1, 0.15) is 21.8 Å². The summed E-state index contributed by atoms with van der Waals surface area (Å²) in [4.78, 5) is 24.8. The number of Topliss-reactive ketones (excluding diaryl/α,β-unsaturated/α-hetero) is 1. The van der Waals surface area contributed by atoms with Crippen LogP contribution in [0.5, 0.6) is 0 Å². The van der Waals surface area contributed by atoms with Crippen LogP contribution >= 0.6 is 0 Å². The minimum Gasteiger partial charge on any atom is -0.361 e. The van der Waals surface area contributed by atoms with Crippen LogP contribution in [0, 0.1) is 12.7 Å². The summed E-state index contributed by atoms with van der Waals surface area (Å²) in [5, 5.41) is 3.76. The molecular formula is C13H9FN2O3. The summed E-state index contributed by atoms with van der Waals surface area (Å²) in [6, 6.07) is 5.31. The first kappa shape index (κ1) is 11.6. The third-order valence-electron chi connectivity index (χ3n) is 2.93. The van der Waals surface area contributed by atoms with Gasteiger partial charge in [0.1, 0.15) is 17.3 Å². The fourth-order valence-corrected chi connectivity index (χ4v) is 2.08. The van der Waals surface area contributed by atoms with Crippen LogP contribution in [0.3, 0.4) is 0 Å². The maximum atomic E-state index is 13.2. The largest absolute Gasteiger partial charge is 0.361 e. The van der Waals surface area contributed by atoms with Crippen molar-refractivity contribution in [1.82, 2.24) is 5.16 Å². The van der Waals surface area contributed by atoms with E-state index in [4.69, 9.17) is 4.52 Å². The maximum absolute atomic E-state index is 13.2. The quantitative estimate of drug-likeness (QED) is 0.773. The molecule has 1 aromatic carbocycles. The van der Waals surface area contributed by atoms with Crippen LogP contribution in [0.4, 0.5) is 10.1 Å². The number of halogens is 1. The van der Waals surface area contributed by atoms with Gasteiger partial charge in [0.05, 0.1) is 17.8 Å². The normalized spacial score (nSPS) is 14.1. The first-order valence-electron chi connectivity index (χ1n) is 5.64. The second kappa shape index (κ2) is 4.01. The van der Waals surface area contributed by atoms with Crippen LogP contribution in [0.2, 0.25) is 0 Å². The van der Waals surface area contributed by atoms with Gasteiger partial charge in [-0.2, -0.15) is 0 Å². The van der Waals surface area contributed by atoms with Crippen LogP contribution < -0.4 is 4.90 Å². The molecule has 0 bridgehead atoms. The van der Waals surface area contributed by atoms with E-state index in [1.807, 2.05) is 0 Å². The molecule has 3 rings (SSSR count). The molecular weight excluding hydrogens is 251 g/mol. The minimum atomic E-state index is -0.679. The smallest absolute Gasteiger partial charge is 0.299 e. The van der Waals surface area contributed by atoms with Crippen molar-refractivity contribution in [3.63, 3.8) is 0 Å². The van der Waals surface area contributed by atoms with Crippen molar-refractivity contribution in [2.24, 2.45) is 0 Å². The number of nitrogens with zero attached hydrogens (tertiary/aromatic N) is 2. The molecule has 0 saturated heterocycles. The van der Waals surface area contributed by atoms with E-state index in [1.54, 1.807) is 13.0 Å². The second-order valence-corrected chi connectivity index (χ2v) is 4.31. The number of fused-ring (bicyclic) bond motifs is 1. The molecule has 0 N–H and O–H groups in total. The highest BCUT2D eigenvalue weighted by atomic mass is 19.1. The van der Waals surface area contributed by atoms with Gasteiger partial charge in [-0.1, -0.05) is 5.16 Å². The molecule has 1 aliphatic heterocycles. The Morgan fingerprint density at radius 2 is 2.11 bits per heavy atom. The standard InChI is InChI=1S/C13H9FN2O3/c1-7-4-9(15-19-7)6-16-11-5-8(14)2-3-10(11)12(17)13(16)18/h2-5H,6H2,1H3. The van der Waals surface area contributed by atoms with Gasteiger partial charge in [-0.05, 0) is 25.1 Å². The average molecular weight is 260 g/mol. The number of ketones is 1. The zero-order valence-corrected chi connectivity index (χ0v) is 10.0. The van der Waals surface area contributed by atoms with Crippen molar-refractivity contribution < 1.29 is 18.5 Å². The van der Waals surface area contributed by atoms with Crippen LogP contribution in [0.15, 0.2) is 28.8 Å². The minimum absolute atomic E-state index is 0.0817. The van der Waals surface area contributed by atoms with Gasteiger partial charge in [0.2, 0.25) is 0 Å². The maximum Gasteiger partial charge on any atom is 0.299 e. The van der Waals surface area contributed by atoms with E-state index in [0.29, 0.717) is 11.5 Å². The summed E-state index contributed by atoms with van der Waals surface area (Å²) in [5.41, 5.74) is 0.998. The average Bonchev–Trinajstić information content (AvgIpc) is 2.88. The summed E-state index contributed by atoms with van der Waals surface area (Å²) in [6.45, 7) is 1.80. The number of aryl methyl sites for hydroxylation is 1. The van der Waals surface area contributed by atoms with E-state index >= 15 is 0 Å². The van der Waals surface area contributed by atoms with Gasteiger partial charge in [-0.15, -0.1) is 0 Å². The van der Waals surface area contributed by atoms with E-state index < -0.39 is 17.5 Å². The Morgan fingerprint density at radius 1 is 1.32 bits per heavy atom. The Bertz CT molecular complexity index is 693. The monoisotopic (exact) mass is 260 g/mol. The first-order valence-corrected chi connectivity index (χ1v) is 5.64. The van der Waals surface area contributed by atoms with Crippen molar-refractivity contribution in [1.29, 1.82) is 0 Å². The fraction of sp³-hybridized carbons (Fsp3) is 0.154. The molecule has 0 fully saturated rings. The van der Waals surface area contributed by atoms with Gasteiger partial charge >= 0.3 is 0 Å². The molecule has 0 radical (unpaired) electrons. The molecule has 0 spiro atoms. The molecule has 1 aliphatic rings. The molecule has 0 unspecified atom stereocenters. The number of anilines is 1. The van der Waals surface area contributed by atoms with E-state index in [1.165, 1.54) is 17.0 Å². The molecule has 1 amide bonds. The number of amides is 1. The Kier molecular flexibility index (Phi) is 2.45. The molecule has 0 aliphatic carbocycles. The Balaban J connectivity index is 2.01. The predicted molar refractivity (Wildman–Crippen MR) is 63.2 cm³/mol. The Hall–Kier alpha value is -2.50. The second-order valence-electron chi connectivity index (χ2n) is 4.31. The molecule has 0 saturated carbocycles. The summed E-state index contributed by atoms with van der Waals surface area (Å²) in [7, 11) is 0. The number of hydrogen-bond acceptors (Lipinski definition) is 4. The molecule has 2 aromatic rings. The lowest BCUT2D eigenvalue weighted by molar-refractivity contribution is -0.114. The summed E-state index contributed by atoms with van der Waals surface area (Å²) in [5.74, 6) is -1.20. The molecule has 5 nitrogen and oxygen atoms in total. The SMILES string of the molecule is Cc1cc(CN2C(=O)C(=O)c3ccc(F)cc32)no1. The third kappa shape index (κ3) is 1.81. The summed E-state index contributed by atoms with van der Waals surface area (Å²) in [6.07, 6.45) is 0. The lowest BCUT2D eigenvalue weighted by atomic mass is 10.1. The highest BCUT2D eigenvalue weighted by Gasteiger charge is 2.36.